The summed E-state index contributed by atoms with van der Waals surface area (Å²) < 4.78 is 0. The van der Waals surface area contributed by atoms with Crippen LogP contribution < -0.4 is 11.1 Å². The van der Waals surface area contributed by atoms with E-state index in [9.17, 15) is 0 Å². The van der Waals surface area contributed by atoms with Gasteiger partial charge >= 0.3 is 0 Å². The average molecular weight is 210 g/mol. The van der Waals surface area contributed by atoms with E-state index in [-0.39, 0.29) is 0 Å². The van der Waals surface area contributed by atoms with E-state index in [4.69, 9.17) is 5.73 Å². The minimum absolute atomic E-state index is 0.481. The van der Waals surface area contributed by atoms with Gasteiger partial charge in [0.1, 0.15) is 0 Å². The van der Waals surface area contributed by atoms with E-state index in [0.29, 0.717) is 17.7 Å². The number of nitrogens with one attached hydrogen (secondary N) is 1. The van der Waals surface area contributed by atoms with Crippen molar-refractivity contribution >= 4 is 23.4 Å². The highest BCUT2D eigenvalue weighted by Gasteiger charge is 2.22. The summed E-state index contributed by atoms with van der Waals surface area (Å²) in [5.74, 6) is 2.32. The number of anilines is 2. The van der Waals surface area contributed by atoms with Crippen LogP contribution in [0.15, 0.2) is 12.4 Å². The number of thioether (sulfide) groups is 1. The molecule has 1 aromatic rings. The van der Waals surface area contributed by atoms with Crippen LogP contribution in [0.3, 0.4) is 0 Å². The minimum atomic E-state index is 0.481. The third-order valence-electron chi connectivity index (χ3n) is 2.27. The second kappa shape index (κ2) is 4.04. The van der Waals surface area contributed by atoms with Crippen molar-refractivity contribution in [3.8, 4) is 0 Å². The summed E-state index contributed by atoms with van der Waals surface area (Å²) in [5.41, 5.74) is 5.69. The monoisotopic (exact) mass is 210 g/mol. The lowest BCUT2D eigenvalue weighted by Gasteiger charge is -2.12. The minimum Gasteiger partial charge on any atom is -0.381 e. The van der Waals surface area contributed by atoms with Crippen molar-refractivity contribution in [2.24, 2.45) is 0 Å². The van der Waals surface area contributed by atoms with E-state index in [1.165, 1.54) is 6.42 Å². The molecule has 76 valence electrons. The fraction of sp³-hybridized carbons (Fsp3) is 0.556. The zero-order valence-electron chi connectivity index (χ0n) is 8.10. The van der Waals surface area contributed by atoms with Crippen molar-refractivity contribution < 1.29 is 0 Å². The molecule has 4 nitrogen and oxygen atoms in total. The van der Waals surface area contributed by atoms with Crippen molar-refractivity contribution in [3.05, 3.63) is 12.4 Å². The Kier molecular flexibility index (Phi) is 2.77. The molecule has 1 aliphatic heterocycles. The molecule has 3 N–H and O–H groups in total. The van der Waals surface area contributed by atoms with Crippen molar-refractivity contribution in [2.45, 2.75) is 24.6 Å². The molecule has 5 heteroatoms. The number of nitrogens with two attached hydrogens (primary N) is 1. The van der Waals surface area contributed by atoms with Gasteiger partial charge in [-0.05, 0) is 6.42 Å². The summed E-state index contributed by atoms with van der Waals surface area (Å²) in [6.45, 7) is 2.24. The lowest BCUT2D eigenvalue weighted by atomic mass is 10.2. The first-order valence-corrected chi connectivity index (χ1v) is 5.75. The van der Waals surface area contributed by atoms with E-state index >= 15 is 0 Å². The maximum Gasteiger partial charge on any atom is 0.169 e. The Morgan fingerprint density at radius 3 is 2.93 bits per heavy atom. The Balaban J connectivity index is 2.01. The topological polar surface area (TPSA) is 63.8 Å². The van der Waals surface area contributed by atoms with Gasteiger partial charge in [0.2, 0.25) is 0 Å². The Morgan fingerprint density at radius 2 is 2.29 bits per heavy atom. The largest absolute Gasteiger partial charge is 0.381 e. The molecule has 1 aliphatic rings. The molecule has 1 aromatic heterocycles. The quantitative estimate of drug-likeness (QED) is 0.771. The molecule has 0 amide bonds. The van der Waals surface area contributed by atoms with Gasteiger partial charge in [-0.3, -0.25) is 0 Å². The van der Waals surface area contributed by atoms with Crippen LogP contribution in [0.1, 0.15) is 13.3 Å². The van der Waals surface area contributed by atoms with Gasteiger partial charge in [0.25, 0.3) is 0 Å². The fourth-order valence-electron chi connectivity index (χ4n) is 1.57. The molecule has 0 saturated carbocycles. The molecular weight excluding hydrogens is 196 g/mol. The average Bonchev–Trinajstić information content (AvgIpc) is 2.56. The predicted octanol–water partition coefficient (Wildman–Crippen LogP) is 1.36. The number of rotatable bonds is 2. The van der Waals surface area contributed by atoms with Crippen molar-refractivity contribution in [3.63, 3.8) is 0 Å². The molecule has 0 spiro atoms. The number of hydrogen-bond donors (Lipinski definition) is 2. The Labute approximate surface area is 87.7 Å². The van der Waals surface area contributed by atoms with Crippen LogP contribution in [0.2, 0.25) is 0 Å². The molecule has 2 unspecified atom stereocenters. The van der Waals surface area contributed by atoms with Gasteiger partial charge in [-0.25, -0.2) is 9.97 Å². The van der Waals surface area contributed by atoms with E-state index in [1.54, 1.807) is 12.4 Å². The SMILES string of the molecule is CC1CC(Nc2nccnc2N)CS1. The molecule has 1 saturated heterocycles. The molecule has 0 bridgehead atoms. The normalized spacial score (nSPS) is 26.4. The van der Waals surface area contributed by atoms with Crippen molar-refractivity contribution in [1.82, 2.24) is 9.97 Å². The summed E-state index contributed by atoms with van der Waals surface area (Å²) in [7, 11) is 0. The van der Waals surface area contributed by atoms with E-state index in [2.05, 4.69) is 22.2 Å². The number of nitrogen functional groups attached to an aromatic ring is 1. The summed E-state index contributed by atoms with van der Waals surface area (Å²) in [6, 6.07) is 0.481. The second-order valence-corrected chi connectivity index (χ2v) is 4.98. The zero-order valence-corrected chi connectivity index (χ0v) is 8.92. The highest BCUT2D eigenvalue weighted by atomic mass is 32.2. The molecule has 0 aromatic carbocycles. The van der Waals surface area contributed by atoms with Gasteiger partial charge in [-0.1, -0.05) is 6.92 Å². The van der Waals surface area contributed by atoms with Crippen LogP contribution in [-0.4, -0.2) is 27.0 Å². The van der Waals surface area contributed by atoms with Crippen LogP contribution in [0.4, 0.5) is 11.6 Å². The maximum atomic E-state index is 5.69. The van der Waals surface area contributed by atoms with E-state index in [1.807, 2.05) is 11.8 Å². The third-order valence-corrected chi connectivity index (χ3v) is 3.62. The molecule has 2 heterocycles. The number of nitrogens with zero attached hydrogens (tertiary/aromatic N) is 2. The Morgan fingerprint density at radius 1 is 1.50 bits per heavy atom. The van der Waals surface area contributed by atoms with Crippen molar-refractivity contribution in [1.29, 1.82) is 0 Å². The Hall–Kier alpha value is -0.970. The highest BCUT2D eigenvalue weighted by Crippen LogP contribution is 2.28. The van der Waals surface area contributed by atoms with Gasteiger partial charge in [0.05, 0.1) is 0 Å². The number of aromatic nitrogens is 2. The molecule has 0 radical (unpaired) electrons. The maximum absolute atomic E-state index is 5.69. The predicted molar refractivity (Wildman–Crippen MR) is 60.4 cm³/mol. The first-order chi connectivity index (χ1) is 6.75. The van der Waals surface area contributed by atoms with E-state index < -0.39 is 0 Å². The van der Waals surface area contributed by atoms with Gasteiger partial charge < -0.3 is 11.1 Å². The lowest BCUT2D eigenvalue weighted by molar-refractivity contribution is 0.743. The first-order valence-electron chi connectivity index (χ1n) is 4.70. The zero-order chi connectivity index (χ0) is 9.97. The van der Waals surface area contributed by atoms with Crippen molar-refractivity contribution in [2.75, 3.05) is 16.8 Å². The molecule has 1 fully saturated rings. The molecule has 14 heavy (non-hydrogen) atoms. The number of hydrogen-bond acceptors (Lipinski definition) is 5. The van der Waals surface area contributed by atoms with Crippen LogP contribution in [0.5, 0.6) is 0 Å². The van der Waals surface area contributed by atoms with Gasteiger partial charge in [-0.15, -0.1) is 0 Å². The summed E-state index contributed by atoms with van der Waals surface area (Å²) in [4.78, 5) is 8.15. The Bertz CT molecular complexity index is 317. The lowest BCUT2D eigenvalue weighted by Crippen LogP contribution is -2.20. The summed E-state index contributed by atoms with van der Waals surface area (Å²) in [6.07, 6.45) is 4.43. The first kappa shape index (κ1) is 9.58. The molecular formula is C9H14N4S. The highest BCUT2D eigenvalue weighted by molar-refractivity contribution is 8.00. The van der Waals surface area contributed by atoms with Gasteiger partial charge in [0, 0.05) is 29.4 Å². The van der Waals surface area contributed by atoms with Gasteiger partial charge in [0.15, 0.2) is 11.6 Å². The van der Waals surface area contributed by atoms with Crippen LogP contribution in [0, 0.1) is 0 Å². The molecule has 2 rings (SSSR count). The smallest absolute Gasteiger partial charge is 0.169 e. The fourth-order valence-corrected chi connectivity index (χ4v) is 2.72. The molecule has 0 aliphatic carbocycles. The summed E-state index contributed by atoms with van der Waals surface area (Å²) >= 11 is 1.98. The van der Waals surface area contributed by atoms with Crippen LogP contribution >= 0.6 is 11.8 Å². The third kappa shape index (κ3) is 2.09. The van der Waals surface area contributed by atoms with Crippen LogP contribution in [-0.2, 0) is 0 Å². The molecule has 2 atom stereocenters. The van der Waals surface area contributed by atoms with Crippen LogP contribution in [0.25, 0.3) is 0 Å². The second-order valence-electron chi connectivity index (χ2n) is 3.51. The van der Waals surface area contributed by atoms with E-state index in [0.717, 1.165) is 11.0 Å². The summed E-state index contributed by atoms with van der Waals surface area (Å²) in [5, 5.41) is 4.05. The standard InChI is InChI=1S/C9H14N4S/c1-6-4-7(5-14-6)13-9-8(10)11-2-3-12-9/h2-3,6-7H,4-5H2,1H3,(H2,10,11)(H,12,13). The van der Waals surface area contributed by atoms with Gasteiger partial charge in [-0.2, -0.15) is 11.8 Å².